The highest BCUT2D eigenvalue weighted by atomic mass is 15.3. The summed E-state index contributed by atoms with van der Waals surface area (Å²) >= 11 is 0. The summed E-state index contributed by atoms with van der Waals surface area (Å²) < 4.78 is 1.95. The number of anilines is 1. The molecule has 4 fully saturated rings. The summed E-state index contributed by atoms with van der Waals surface area (Å²) in [4.78, 5) is 7.39. The number of fused-ring (bicyclic) bond motifs is 2. The highest BCUT2D eigenvalue weighted by Crippen LogP contribution is 2.54. The summed E-state index contributed by atoms with van der Waals surface area (Å²) in [5.41, 5.74) is 2.26. The monoisotopic (exact) mass is 346 g/mol. The number of benzene rings is 1. The van der Waals surface area contributed by atoms with Gasteiger partial charge < -0.3 is 5.32 Å². The Morgan fingerprint density at radius 1 is 1.12 bits per heavy atom. The normalized spacial score (nSPS) is 27.6. The largest absolute Gasteiger partial charge is 0.368 e. The Hall–Kier alpha value is -2.47. The first-order valence-corrected chi connectivity index (χ1v) is 9.58. The number of hydrogen-bond donors (Lipinski definition) is 1. The minimum absolute atomic E-state index is 0.377. The third-order valence-corrected chi connectivity index (χ3v) is 6.32. The van der Waals surface area contributed by atoms with Gasteiger partial charge in [0, 0.05) is 36.3 Å². The Morgan fingerprint density at radius 3 is 2.77 bits per heavy atom. The molecule has 2 saturated heterocycles. The molecular formula is C20H22N6. The minimum atomic E-state index is 0.377. The Balaban J connectivity index is 1.24. The van der Waals surface area contributed by atoms with Crippen LogP contribution in [-0.2, 0) is 0 Å². The number of nitrogens with zero attached hydrogens (tertiary/aromatic N) is 5. The van der Waals surface area contributed by atoms with Crippen molar-refractivity contribution < 1.29 is 0 Å². The molecule has 7 rings (SSSR count). The number of aromatic nitrogens is 4. The summed E-state index contributed by atoms with van der Waals surface area (Å²) in [6.07, 6.45) is 7.31. The van der Waals surface area contributed by atoms with Gasteiger partial charge in [-0.1, -0.05) is 30.3 Å². The van der Waals surface area contributed by atoms with E-state index in [2.05, 4.69) is 25.4 Å². The molecule has 2 bridgehead atoms. The van der Waals surface area contributed by atoms with Crippen LogP contribution in [0.2, 0.25) is 0 Å². The van der Waals surface area contributed by atoms with Crippen LogP contribution < -0.4 is 5.32 Å². The Labute approximate surface area is 152 Å². The Kier molecular flexibility index (Phi) is 2.97. The molecule has 0 amide bonds. The molecule has 3 aromatic rings. The zero-order valence-corrected chi connectivity index (χ0v) is 14.7. The van der Waals surface area contributed by atoms with Gasteiger partial charge in [0.1, 0.15) is 12.1 Å². The molecule has 6 nitrogen and oxygen atoms in total. The molecule has 1 N–H and O–H groups in total. The van der Waals surface area contributed by atoms with Gasteiger partial charge in [-0.3, -0.25) is 9.30 Å². The van der Waals surface area contributed by atoms with Crippen molar-refractivity contribution in [2.45, 2.75) is 37.3 Å². The Morgan fingerprint density at radius 2 is 1.96 bits per heavy atom. The van der Waals surface area contributed by atoms with Crippen molar-refractivity contribution in [2.75, 3.05) is 18.4 Å². The molecule has 2 aliphatic heterocycles. The van der Waals surface area contributed by atoms with Crippen molar-refractivity contribution in [3.05, 3.63) is 42.7 Å². The summed E-state index contributed by atoms with van der Waals surface area (Å²) in [5.74, 6) is 2.65. The van der Waals surface area contributed by atoms with Crippen LogP contribution in [-0.4, -0.2) is 49.2 Å². The minimum Gasteiger partial charge on any atom is -0.368 e. The van der Waals surface area contributed by atoms with E-state index in [9.17, 15) is 0 Å². The molecule has 132 valence electrons. The van der Waals surface area contributed by atoms with E-state index in [1.165, 1.54) is 32.2 Å². The van der Waals surface area contributed by atoms with Gasteiger partial charge >= 0.3 is 0 Å². The van der Waals surface area contributed by atoms with Crippen molar-refractivity contribution in [3.8, 4) is 11.4 Å². The predicted molar refractivity (Wildman–Crippen MR) is 99.9 cm³/mol. The molecule has 2 aliphatic carbocycles. The van der Waals surface area contributed by atoms with Gasteiger partial charge in [-0.15, -0.1) is 10.2 Å². The van der Waals surface area contributed by atoms with Gasteiger partial charge in [0.15, 0.2) is 11.5 Å². The van der Waals surface area contributed by atoms with Crippen LogP contribution in [0.4, 0.5) is 5.82 Å². The van der Waals surface area contributed by atoms with E-state index in [1.54, 1.807) is 0 Å². The molecule has 0 radical (unpaired) electrons. The smallest absolute Gasteiger partial charge is 0.169 e. The van der Waals surface area contributed by atoms with Crippen molar-refractivity contribution in [1.29, 1.82) is 0 Å². The Bertz CT molecular complexity index is 955. The van der Waals surface area contributed by atoms with Gasteiger partial charge in [-0.05, 0) is 31.6 Å². The average Bonchev–Trinajstić information content (AvgIpc) is 3.16. The van der Waals surface area contributed by atoms with Crippen LogP contribution in [0.5, 0.6) is 0 Å². The fraction of sp³-hybridized carbons (Fsp3) is 0.450. The predicted octanol–water partition coefficient (Wildman–Crippen LogP) is 2.83. The molecule has 2 saturated carbocycles. The van der Waals surface area contributed by atoms with Crippen LogP contribution in [0.15, 0.2) is 42.7 Å². The lowest BCUT2D eigenvalue weighted by atomic mass is 9.73. The first-order valence-electron chi connectivity index (χ1n) is 9.58. The van der Waals surface area contributed by atoms with Crippen molar-refractivity contribution >= 4 is 11.5 Å². The van der Waals surface area contributed by atoms with Crippen LogP contribution >= 0.6 is 0 Å². The molecule has 0 spiro atoms. The molecule has 1 aromatic carbocycles. The molecule has 0 unspecified atom stereocenters. The van der Waals surface area contributed by atoms with Gasteiger partial charge in [-0.2, -0.15) is 0 Å². The third-order valence-electron chi connectivity index (χ3n) is 6.32. The first kappa shape index (κ1) is 14.7. The van der Waals surface area contributed by atoms with Gasteiger partial charge in [0.25, 0.3) is 0 Å². The number of rotatable bonds is 5. The number of hydrogen-bond acceptors (Lipinski definition) is 5. The highest BCUT2D eigenvalue weighted by Gasteiger charge is 2.58. The molecule has 4 aliphatic rings. The van der Waals surface area contributed by atoms with Crippen molar-refractivity contribution in [2.24, 2.45) is 5.92 Å². The fourth-order valence-corrected chi connectivity index (χ4v) is 4.95. The van der Waals surface area contributed by atoms with Gasteiger partial charge in [-0.25, -0.2) is 4.98 Å². The second-order valence-electron chi connectivity index (χ2n) is 8.13. The quantitative estimate of drug-likeness (QED) is 0.770. The molecule has 26 heavy (non-hydrogen) atoms. The van der Waals surface area contributed by atoms with Gasteiger partial charge in [0.05, 0.1) is 0 Å². The second-order valence-corrected chi connectivity index (χ2v) is 8.13. The fourth-order valence-electron chi connectivity index (χ4n) is 4.95. The van der Waals surface area contributed by atoms with Gasteiger partial charge in [0.2, 0.25) is 0 Å². The van der Waals surface area contributed by atoms with Crippen LogP contribution in [0, 0.1) is 5.92 Å². The topological polar surface area (TPSA) is 58.4 Å². The van der Waals surface area contributed by atoms with E-state index in [0.717, 1.165) is 41.4 Å². The highest BCUT2D eigenvalue weighted by molar-refractivity contribution is 5.60. The van der Waals surface area contributed by atoms with E-state index in [4.69, 9.17) is 0 Å². The standard InChI is InChI=1S/C20H22N6/c1-2-4-15(5-3-1)19-24-23-18-8-17(22-13-25(18)19)21-12-20-9-14(10-20)11-26(20)16-6-7-16/h1-5,8,13-14,16,21H,6-7,9-12H2. The van der Waals surface area contributed by atoms with E-state index in [1.807, 2.05) is 47.1 Å². The SMILES string of the molecule is c1ccc(-c2nnc3cc(NCC45CC(CN4C4CC4)C5)ncn23)cc1. The zero-order valence-electron chi connectivity index (χ0n) is 14.7. The summed E-state index contributed by atoms with van der Waals surface area (Å²) in [5, 5.41) is 12.3. The van der Waals surface area contributed by atoms with E-state index in [0.29, 0.717) is 5.54 Å². The van der Waals surface area contributed by atoms with Crippen LogP contribution in [0.1, 0.15) is 25.7 Å². The average molecular weight is 346 g/mol. The van der Waals surface area contributed by atoms with E-state index >= 15 is 0 Å². The molecule has 0 atom stereocenters. The second kappa shape index (κ2) is 5.27. The summed E-state index contributed by atoms with van der Waals surface area (Å²) in [6, 6.07) is 13.0. The molecule has 6 heteroatoms. The molecular weight excluding hydrogens is 324 g/mol. The lowest BCUT2D eigenvalue weighted by Crippen LogP contribution is -2.52. The lowest BCUT2D eigenvalue weighted by Gasteiger charge is -2.43. The lowest BCUT2D eigenvalue weighted by molar-refractivity contribution is 0.115. The zero-order chi connectivity index (χ0) is 17.1. The third kappa shape index (κ3) is 2.18. The van der Waals surface area contributed by atoms with Crippen LogP contribution in [0.3, 0.4) is 0 Å². The van der Waals surface area contributed by atoms with Crippen molar-refractivity contribution in [1.82, 2.24) is 24.5 Å². The molecule has 2 aromatic heterocycles. The van der Waals surface area contributed by atoms with Crippen LogP contribution in [0.25, 0.3) is 17.0 Å². The number of nitrogens with one attached hydrogen (secondary N) is 1. The summed E-state index contributed by atoms with van der Waals surface area (Å²) in [7, 11) is 0. The maximum Gasteiger partial charge on any atom is 0.169 e. The van der Waals surface area contributed by atoms with E-state index in [-0.39, 0.29) is 0 Å². The maximum atomic E-state index is 4.61. The first-order chi connectivity index (χ1) is 12.8. The maximum absolute atomic E-state index is 4.61. The molecule has 4 heterocycles. The summed E-state index contributed by atoms with van der Waals surface area (Å²) in [6.45, 7) is 2.30. The van der Waals surface area contributed by atoms with Crippen molar-refractivity contribution in [3.63, 3.8) is 0 Å². The van der Waals surface area contributed by atoms with E-state index < -0.39 is 0 Å².